The highest BCUT2D eigenvalue weighted by Gasteiger charge is 2.50. The van der Waals surface area contributed by atoms with Gasteiger partial charge in [-0.25, -0.2) is 4.79 Å². The molecule has 0 aliphatic carbocycles. The maximum atomic E-state index is 13.1. The van der Waals surface area contributed by atoms with Crippen LogP contribution < -0.4 is 0 Å². The van der Waals surface area contributed by atoms with Gasteiger partial charge in [-0.1, -0.05) is 187 Å². The zero-order chi connectivity index (χ0) is 54.7. The van der Waals surface area contributed by atoms with Crippen LogP contribution in [0.25, 0.3) is 0 Å². The molecule has 12 heteroatoms. The lowest BCUT2D eigenvalue weighted by Gasteiger charge is -2.40. The first-order valence-electron chi connectivity index (χ1n) is 28.2. The van der Waals surface area contributed by atoms with Crippen LogP contribution >= 0.6 is 0 Å². The van der Waals surface area contributed by atoms with Gasteiger partial charge < -0.3 is 39.0 Å². The van der Waals surface area contributed by atoms with E-state index in [1.807, 2.05) is 12.2 Å². The highest BCUT2D eigenvalue weighted by Crippen LogP contribution is 2.26. The number of carboxylic acids is 1. The number of aliphatic hydroxyl groups excluding tert-OH is 2. The average molecular weight is 1050 g/mol. The van der Waals surface area contributed by atoms with E-state index in [1.165, 1.54) is 19.3 Å². The second kappa shape index (κ2) is 49.7. The molecule has 12 nitrogen and oxygen atoms in total. The number of carboxylic acid groups (broad SMARTS) is 1. The van der Waals surface area contributed by atoms with E-state index in [0.717, 1.165) is 109 Å². The van der Waals surface area contributed by atoms with Gasteiger partial charge in [0.15, 0.2) is 24.6 Å². The Morgan fingerprint density at radius 3 is 1.37 bits per heavy atom. The van der Waals surface area contributed by atoms with Crippen molar-refractivity contribution in [2.45, 2.75) is 225 Å². The van der Waals surface area contributed by atoms with Crippen molar-refractivity contribution in [1.29, 1.82) is 0 Å². The second-order valence-corrected chi connectivity index (χ2v) is 18.5. The summed E-state index contributed by atoms with van der Waals surface area (Å²) in [5, 5.41) is 31.4. The molecule has 0 aromatic carbocycles. The Hall–Kier alpha value is -5.14. The topological polar surface area (TPSA) is 175 Å². The summed E-state index contributed by atoms with van der Waals surface area (Å²) in [6.07, 6.45) is 57.4. The molecule has 0 spiro atoms. The van der Waals surface area contributed by atoms with Crippen molar-refractivity contribution >= 4 is 23.9 Å². The van der Waals surface area contributed by atoms with Crippen molar-refractivity contribution < 1.29 is 58.2 Å². The third kappa shape index (κ3) is 39.9. The minimum atomic E-state index is -1.93. The molecule has 1 saturated heterocycles. The van der Waals surface area contributed by atoms with Crippen molar-refractivity contribution in [3.8, 4) is 0 Å². The second-order valence-electron chi connectivity index (χ2n) is 18.5. The van der Waals surface area contributed by atoms with Gasteiger partial charge in [0.2, 0.25) is 0 Å². The normalized spacial score (nSPS) is 19.2. The molecule has 1 heterocycles. The summed E-state index contributed by atoms with van der Waals surface area (Å²) in [6.45, 7) is 5.58. The first-order valence-corrected chi connectivity index (χ1v) is 28.2. The molecule has 0 amide bonds. The van der Waals surface area contributed by atoms with Crippen molar-refractivity contribution in [2.24, 2.45) is 0 Å². The molecule has 1 aliphatic heterocycles. The molecule has 1 aliphatic rings. The van der Waals surface area contributed by atoms with Gasteiger partial charge in [-0.15, -0.1) is 0 Å². The van der Waals surface area contributed by atoms with E-state index in [2.05, 4.69) is 136 Å². The number of carbonyl (C=O) groups excluding carboxylic acids is 3. The molecule has 0 saturated carbocycles. The Bertz CT molecular complexity index is 1810. The zero-order valence-corrected chi connectivity index (χ0v) is 46.0. The van der Waals surface area contributed by atoms with Gasteiger partial charge in [0.05, 0.1) is 13.0 Å². The molecule has 6 atom stereocenters. The van der Waals surface area contributed by atoms with Gasteiger partial charge in [-0.2, -0.15) is 0 Å². The molecule has 0 aromatic rings. The Kier molecular flexibility index (Phi) is 45.0. The minimum Gasteiger partial charge on any atom is -0.479 e. The summed E-state index contributed by atoms with van der Waals surface area (Å²) in [7, 11) is 0. The summed E-state index contributed by atoms with van der Waals surface area (Å²) in [5.74, 6) is -3.39. The fraction of sp³-hybridized carbons (Fsp3) is 0.587. The van der Waals surface area contributed by atoms with Crippen molar-refractivity contribution in [3.63, 3.8) is 0 Å². The van der Waals surface area contributed by atoms with Crippen LogP contribution in [0.2, 0.25) is 0 Å². The summed E-state index contributed by atoms with van der Waals surface area (Å²) in [4.78, 5) is 51.0. The lowest BCUT2D eigenvalue weighted by Crippen LogP contribution is -2.61. The Balaban J connectivity index is 2.81. The fourth-order valence-electron chi connectivity index (χ4n) is 7.46. The molecule has 3 N–H and O–H groups in total. The lowest BCUT2D eigenvalue weighted by atomic mass is 9.98. The molecule has 0 bridgehead atoms. The number of rotatable bonds is 45. The van der Waals surface area contributed by atoms with Gasteiger partial charge in [0, 0.05) is 12.8 Å². The van der Waals surface area contributed by atoms with E-state index in [1.54, 1.807) is 6.08 Å². The van der Waals surface area contributed by atoms with E-state index in [9.17, 15) is 34.5 Å². The maximum absolute atomic E-state index is 13.1. The van der Waals surface area contributed by atoms with Crippen LogP contribution in [-0.4, -0.2) is 89.2 Å². The number of esters is 3. The zero-order valence-electron chi connectivity index (χ0n) is 46.0. The highest BCUT2D eigenvalue weighted by atomic mass is 16.7. The average Bonchev–Trinajstić information content (AvgIpc) is 3.39. The van der Waals surface area contributed by atoms with E-state index in [4.69, 9.17) is 23.7 Å². The summed E-state index contributed by atoms with van der Waals surface area (Å²) in [6, 6.07) is 0. The molecule has 420 valence electrons. The number of hydrogen-bond donors (Lipinski definition) is 3. The highest BCUT2D eigenvalue weighted by molar-refractivity contribution is 5.74. The number of ether oxygens (including phenoxy) is 5. The first-order chi connectivity index (χ1) is 36.6. The van der Waals surface area contributed by atoms with Gasteiger partial charge in [-0.3, -0.25) is 14.4 Å². The molecule has 1 fully saturated rings. The molecule has 6 unspecified atom stereocenters. The number of aliphatic hydroxyl groups is 2. The summed E-state index contributed by atoms with van der Waals surface area (Å²) in [5.41, 5.74) is 0. The third-order valence-corrected chi connectivity index (χ3v) is 11.7. The molecule has 75 heavy (non-hydrogen) atoms. The fourth-order valence-corrected chi connectivity index (χ4v) is 7.46. The van der Waals surface area contributed by atoms with E-state index in [-0.39, 0.29) is 19.3 Å². The third-order valence-electron chi connectivity index (χ3n) is 11.7. The van der Waals surface area contributed by atoms with Gasteiger partial charge in [-0.05, 0) is 116 Å². The van der Waals surface area contributed by atoms with E-state index >= 15 is 0 Å². The summed E-state index contributed by atoms with van der Waals surface area (Å²) >= 11 is 0. The smallest absolute Gasteiger partial charge is 0.335 e. The molecular weight excluding hydrogens is 949 g/mol. The minimum absolute atomic E-state index is 0.0231. The Morgan fingerprint density at radius 2 is 0.880 bits per heavy atom. The first kappa shape index (κ1) is 67.9. The summed E-state index contributed by atoms with van der Waals surface area (Å²) < 4.78 is 28.2. The van der Waals surface area contributed by atoms with Crippen LogP contribution in [-0.2, 0) is 42.9 Å². The van der Waals surface area contributed by atoms with Gasteiger partial charge >= 0.3 is 23.9 Å². The molecular formula is C63H96O12. The Morgan fingerprint density at radius 1 is 0.467 bits per heavy atom. The van der Waals surface area contributed by atoms with Gasteiger partial charge in [0.1, 0.15) is 18.8 Å². The molecule has 0 radical (unpaired) electrons. The Labute approximate surface area is 451 Å². The number of carbonyl (C=O) groups is 4. The van der Waals surface area contributed by atoms with E-state index in [0.29, 0.717) is 19.3 Å². The molecule has 1 rings (SSSR count). The van der Waals surface area contributed by atoms with Gasteiger partial charge in [0.25, 0.3) is 0 Å². The number of hydrogen-bond acceptors (Lipinski definition) is 11. The van der Waals surface area contributed by atoms with Crippen LogP contribution in [0, 0.1) is 0 Å². The van der Waals surface area contributed by atoms with Crippen molar-refractivity contribution in [2.75, 3.05) is 13.2 Å². The number of allylic oxidation sites excluding steroid dienone is 21. The maximum Gasteiger partial charge on any atom is 0.335 e. The van der Waals surface area contributed by atoms with Crippen molar-refractivity contribution in [3.05, 3.63) is 134 Å². The number of unbranched alkanes of at least 4 members (excludes halogenated alkanes) is 10. The van der Waals surface area contributed by atoms with Crippen LogP contribution in [0.3, 0.4) is 0 Å². The SMILES string of the molecule is CC/C=C\C/C=C\C/C=C\C/C=C\C/C=C\CC(=O)OCC(COC1OC(C(=O)O)C(O)C(O)C1OC(=O)CCCCCCC/C=C\C/C=C\CCCCC)OC(=O)CCCC/C=C\C/C=C\C/C=C\C/C=C\CC. The van der Waals surface area contributed by atoms with E-state index < -0.39 is 73.9 Å². The van der Waals surface area contributed by atoms with Crippen LogP contribution in [0.5, 0.6) is 0 Å². The predicted molar refractivity (Wildman–Crippen MR) is 303 cm³/mol. The largest absolute Gasteiger partial charge is 0.479 e. The van der Waals surface area contributed by atoms with Crippen molar-refractivity contribution in [1.82, 2.24) is 0 Å². The van der Waals surface area contributed by atoms with Crippen LogP contribution in [0.4, 0.5) is 0 Å². The monoisotopic (exact) mass is 1040 g/mol. The predicted octanol–water partition coefficient (Wildman–Crippen LogP) is 14.2. The number of aliphatic carboxylic acids is 1. The van der Waals surface area contributed by atoms with Crippen LogP contribution in [0.15, 0.2) is 134 Å². The lowest BCUT2D eigenvalue weighted by molar-refractivity contribution is -0.301. The van der Waals surface area contributed by atoms with Crippen LogP contribution in [0.1, 0.15) is 188 Å². The molecule has 0 aromatic heterocycles. The quantitative estimate of drug-likeness (QED) is 0.0228. The standard InChI is InChI=1S/C63H96O12/c1-4-7-10-13-16-19-22-25-28-31-34-37-40-43-46-49-55(64)71-52-54(73-56(65)50-47-44-41-38-35-32-29-26-23-20-17-14-11-8-5-2)53-72-63-61(59(68)58(67)60(75-63)62(69)70)74-57(66)51-48-45-42-39-36-33-30-27-24-21-18-15-12-9-6-3/h7-8,10-11,16-21,25-30,34-35,37-38,43,46,54,58-61,63,67-68H,4-6,9,12-15,22-24,31-33,36,39-42,44-45,47-53H2,1-3H3,(H,69,70)/b10-7-,11-8-,19-16-,20-17-,21-18-,28-25-,29-26-,30-27-,37-34-,38-35-,46-43-.